The molecule has 0 spiro atoms. The first-order valence-corrected chi connectivity index (χ1v) is 10.3. The van der Waals surface area contributed by atoms with Crippen LogP contribution < -0.4 is 0 Å². The third kappa shape index (κ3) is 4.85. The van der Waals surface area contributed by atoms with E-state index in [2.05, 4.69) is 11.9 Å². The number of carbonyl (C=O) groups is 1. The van der Waals surface area contributed by atoms with E-state index in [1.165, 1.54) is 38.5 Å². The first-order valence-electron chi connectivity index (χ1n) is 10.3. The third-order valence-electron chi connectivity index (χ3n) is 5.29. The van der Waals surface area contributed by atoms with Crippen LogP contribution in [0, 0.1) is 0 Å². The van der Waals surface area contributed by atoms with Crippen molar-refractivity contribution in [3.05, 3.63) is 53.6 Å². The monoisotopic (exact) mass is 363 g/mol. The average Bonchev–Trinajstić information content (AvgIpc) is 2.67. The van der Waals surface area contributed by atoms with E-state index >= 15 is 0 Å². The fourth-order valence-electron chi connectivity index (χ4n) is 3.78. The molecule has 3 rings (SSSR count). The Bertz CT molecular complexity index is 917. The fourth-order valence-corrected chi connectivity index (χ4v) is 3.78. The van der Waals surface area contributed by atoms with E-state index in [0.29, 0.717) is 11.1 Å². The number of hydrogen-bond donors (Lipinski definition) is 1. The summed E-state index contributed by atoms with van der Waals surface area (Å²) in [6.45, 7) is 2.24. The SMILES string of the molecule is CCCCCCCCCCc1ccc2cc3ccccc3nc2c1C(=O)O. The van der Waals surface area contributed by atoms with E-state index in [1.54, 1.807) is 0 Å². The summed E-state index contributed by atoms with van der Waals surface area (Å²) in [6.07, 6.45) is 10.8. The van der Waals surface area contributed by atoms with Gasteiger partial charge in [0.1, 0.15) is 0 Å². The number of fused-ring (bicyclic) bond motifs is 2. The van der Waals surface area contributed by atoms with E-state index in [0.717, 1.165) is 41.1 Å². The summed E-state index contributed by atoms with van der Waals surface area (Å²) in [7, 11) is 0. The number of carboxylic acid groups (broad SMARTS) is 1. The Morgan fingerprint density at radius 3 is 2.33 bits per heavy atom. The largest absolute Gasteiger partial charge is 0.478 e. The molecule has 3 nitrogen and oxygen atoms in total. The van der Waals surface area contributed by atoms with Gasteiger partial charge in [-0.25, -0.2) is 9.78 Å². The second-order valence-electron chi connectivity index (χ2n) is 7.38. The molecule has 2 aromatic carbocycles. The van der Waals surface area contributed by atoms with Crippen molar-refractivity contribution in [1.82, 2.24) is 4.98 Å². The van der Waals surface area contributed by atoms with Crippen molar-refractivity contribution in [3.8, 4) is 0 Å². The van der Waals surface area contributed by atoms with Gasteiger partial charge in [-0.15, -0.1) is 0 Å². The molecule has 1 heterocycles. The summed E-state index contributed by atoms with van der Waals surface area (Å²) in [4.78, 5) is 16.6. The quantitative estimate of drug-likeness (QED) is 0.319. The third-order valence-corrected chi connectivity index (χ3v) is 5.29. The zero-order chi connectivity index (χ0) is 19.1. The molecule has 0 amide bonds. The standard InChI is InChI=1S/C24H29NO2/c1-2-3-4-5-6-7-8-9-12-18-15-16-20-17-19-13-10-11-14-21(19)25-23(20)22(18)24(26)27/h10-11,13-17H,2-9,12H2,1H3,(H,26,27). The molecule has 142 valence electrons. The average molecular weight is 364 g/mol. The molecule has 27 heavy (non-hydrogen) atoms. The molecule has 0 bridgehead atoms. The van der Waals surface area contributed by atoms with Crippen molar-refractivity contribution in [2.75, 3.05) is 0 Å². The molecule has 3 aromatic rings. The Morgan fingerprint density at radius 1 is 0.889 bits per heavy atom. The molecular weight excluding hydrogens is 334 g/mol. The number of pyridine rings is 1. The van der Waals surface area contributed by atoms with Gasteiger partial charge in [0.2, 0.25) is 0 Å². The maximum Gasteiger partial charge on any atom is 0.338 e. The Labute approximate surface area is 161 Å². The first kappa shape index (κ1) is 19.3. The van der Waals surface area contributed by atoms with Gasteiger partial charge in [-0.05, 0) is 30.5 Å². The highest BCUT2D eigenvalue weighted by Gasteiger charge is 2.16. The summed E-state index contributed by atoms with van der Waals surface area (Å²) in [6, 6.07) is 13.9. The molecule has 0 saturated heterocycles. The van der Waals surface area contributed by atoms with Crippen LogP contribution in [-0.2, 0) is 6.42 Å². The number of aromatic nitrogens is 1. The van der Waals surface area contributed by atoms with Gasteiger partial charge in [-0.3, -0.25) is 0 Å². The van der Waals surface area contributed by atoms with Crippen molar-refractivity contribution in [1.29, 1.82) is 0 Å². The van der Waals surface area contributed by atoms with Crippen molar-refractivity contribution in [2.24, 2.45) is 0 Å². The van der Waals surface area contributed by atoms with Gasteiger partial charge >= 0.3 is 5.97 Å². The van der Waals surface area contributed by atoms with Crippen LogP contribution in [0.1, 0.15) is 74.2 Å². The van der Waals surface area contributed by atoms with Gasteiger partial charge in [-0.2, -0.15) is 0 Å². The first-order chi connectivity index (χ1) is 13.2. The summed E-state index contributed by atoms with van der Waals surface area (Å²) < 4.78 is 0. The van der Waals surface area contributed by atoms with Gasteiger partial charge in [0.15, 0.2) is 0 Å². The summed E-state index contributed by atoms with van der Waals surface area (Å²) >= 11 is 0. The van der Waals surface area contributed by atoms with Crippen molar-refractivity contribution < 1.29 is 9.90 Å². The van der Waals surface area contributed by atoms with Crippen LogP contribution in [0.4, 0.5) is 0 Å². The van der Waals surface area contributed by atoms with Gasteiger partial charge < -0.3 is 5.11 Å². The molecule has 1 N–H and O–H groups in total. The molecule has 0 aliphatic heterocycles. The van der Waals surface area contributed by atoms with Crippen LogP contribution in [0.3, 0.4) is 0 Å². The summed E-state index contributed by atoms with van der Waals surface area (Å²) in [5.74, 6) is -0.877. The Kier molecular flexibility index (Phi) is 6.80. The smallest absolute Gasteiger partial charge is 0.338 e. The van der Waals surface area contributed by atoms with Crippen LogP contribution in [-0.4, -0.2) is 16.1 Å². The van der Waals surface area contributed by atoms with E-state index in [9.17, 15) is 9.90 Å². The van der Waals surface area contributed by atoms with Crippen LogP contribution in [0.25, 0.3) is 21.8 Å². The Balaban J connectivity index is 1.72. The highest BCUT2D eigenvalue weighted by atomic mass is 16.4. The van der Waals surface area contributed by atoms with Gasteiger partial charge in [-0.1, -0.05) is 82.2 Å². The lowest BCUT2D eigenvalue weighted by atomic mass is 9.97. The molecule has 3 heteroatoms. The minimum Gasteiger partial charge on any atom is -0.478 e. The van der Waals surface area contributed by atoms with Gasteiger partial charge in [0.25, 0.3) is 0 Å². The second-order valence-corrected chi connectivity index (χ2v) is 7.38. The number of rotatable bonds is 10. The molecule has 0 unspecified atom stereocenters. The number of hydrogen-bond acceptors (Lipinski definition) is 2. The molecule has 0 fully saturated rings. The van der Waals surface area contributed by atoms with E-state index in [-0.39, 0.29) is 0 Å². The van der Waals surface area contributed by atoms with Gasteiger partial charge in [0.05, 0.1) is 16.6 Å². The number of carboxylic acids is 1. The Hall–Kier alpha value is -2.42. The fraction of sp³-hybridized carbons (Fsp3) is 0.417. The maximum atomic E-state index is 12.0. The number of aromatic carboxylic acids is 1. The molecule has 0 radical (unpaired) electrons. The van der Waals surface area contributed by atoms with Crippen LogP contribution in [0.2, 0.25) is 0 Å². The number of para-hydroxylation sites is 1. The highest BCUT2D eigenvalue weighted by molar-refractivity contribution is 6.06. The maximum absolute atomic E-state index is 12.0. The lowest BCUT2D eigenvalue weighted by Crippen LogP contribution is -2.05. The van der Waals surface area contributed by atoms with Crippen molar-refractivity contribution in [2.45, 2.75) is 64.7 Å². The lowest BCUT2D eigenvalue weighted by molar-refractivity contribution is 0.0697. The minimum absolute atomic E-state index is 0.376. The second kappa shape index (κ2) is 9.50. The molecular formula is C24H29NO2. The zero-order valence-electron chi connectivity index (χ0n) is 16.2. The van der Waals surface area contributed by atoms with E-state index < -0.39 is 5.97 Å². The van der Waals surface area contributed by atoms with Crippen LogP contribution in [0.5, 0.6) is 0 Å². The van der Waals surface area contributed by atoms with Crippen molar-refractivity contribution >= 4 is 27.8 Å². The summed E-state index contributed by atoms with van der Waals surface area (Å²) in [5, 5.41) is 11.8. The number of benzene rings is 2. The van der Waals surface area contributed by atoms with Gasteiger partial charge in [0, 0.05) is 10.8 Å². The van der Waals surface area contributed by atoms with Crippen LogP contribution >= 0.6 is 0 Å². The molecule has 1 aromatic heterocycles. The van der Waals surface area contributed by atoms with Crippen molar-refractivity contribution in [3.63, 3.8) is 0 Å². The number of nitrogens with zero attached hydrogens (tertiary/aromatic N) is 1. The topological polar surface area (TPSA) is 50.2 Å². The molecule has 0 aliphatic carbocycles. The molecule has 0 aliphatic rings. The predicted octanol–water partition coefficient (Wildman–Crippen LogP) is 6.77. The zero-order valence-corrected chi connectivity index (χ0v) is 16.2. The van der Waals surface area contributed by atoms with E-state index in [1.807, 2.05) is 42.5 Å². The predicted molar refractivity (Wildman–Crippen MR) is 113 cm³/mol. The number of unbranched alkanes of at least 4 members (excludes halogenated alkanes) is 7. The summed E-state index contributed by atoms with van der Waals surface area (Å²) in [5.41, 5.74) is 2.74. The highest BCUT2D eigenvalue weighted by Crippen LogP contribution is 2.26. The normalized spacial score (nSPS) is 11.3. The van der Waals surface area contributed by atoms with Crippen LogP contribution in [0.15, 0.2) is 42.5 Å². The molecule has 0 saturated carbocycles. The molecule has 0 atom stereocenters. The number of aryl methyl sites for hydroxylation is 1. The van der Waals surface area contributed by atoms with E-state index in [4.69, 9.17) is 0 Å². The lowest BCUT2D eigenvalue weighted by Gasteiger charge is -2.10. The minimum atomic E-state index is -0.877. The Morgan fingerprint density at radius 2 is 1.59 bits per heavy atom.